The molecule has 0 heterocycles. The van der Waals surface area contributed by atoms with E-state index in [2.05, 4.69) is 45.2 Å². The third-order valence-electron chi connectivity index (χ3n) is 0.610. The molecule has 0 aliphatic rings. The van der Waals surface area contributed by atoms with Crippen LogP contribution in [0.5, 0.6) is 0 Å². The van der Waals surface area contributed by atoms with Crippen LogP contribution < -0.4 is 0 Å². The highest BCUT2D eigenvalue weighted by molar-refractivity contribution is 14.1. The first-order valence-electron chi connectivity index (χ1n) is 2.01. The fourth-order valence-corrected chi connectivity index (χ4v) is 2.20. The molecule has 38 valence electrons. The summed E-state index contributed by atoms with van der Waals surface area (Å²) in [5.74, 6) is 0. The van der Waals surface area contributed by atoms with Crippen molar-refractivity contribution in [2.24, 2.45) is 0 Å². The van der Waals surface area contributed by atoms with Crippen LogP contribution in [0.15, 0.2) is 0 Å². The van der Waals surface area contributed by atoms with E-state index in [0.717, 1.165) is 3.92 Å². The largest absolute Gasteiger partial charge is 0.0853 e. The second-order valence-electron chi connectivity index (χ2n) is 1.16. The van der Waals surface area contributed by atoms with E-state index in [9.17, 15) is 0 Å². The maximum Gasteiger partial charge on any atom is 0.0168 e. The molecule has 0 N–H and O–H groups in total. The lowest BCUT2D eigenvalue weighted by Gasteiger charge is -1.95. The van der Waals surface area contributed by atoms with Crippen molar-refractivity contribution in [1.29, 1.82) is 0 Å². The van der Waals surface area contributed by atoms with Crippen molar-refractivity contribution in [1.82, 2.24) is 0 Å². The zero-order valence-corrected chi connectivity index (χ0v) is 10.1. The first-order valence-corrected chi connectivity index (χ1v) is 6.19. The molecule has 0 spiro atoms. The minimum atomic E-state index is 0.954. The van der Waals surface area contributed by atoms with E-state index >= 15 is 0 Å². The predicted molar refractivity (Wildman–Crippen MR) is 51.4 cm³/mol. The normalized spacial score (nSPS) is 15.0. The van der Waals surface area contributed by atoms with Crippen LogP contribution in [-0.4, -0.2) is 18.6 Å². The van der Waals surface area contributed by atoms with Gasteiger partial charge in [-0.05, 0) is 0 Å². The molecular weight excluding hydrogens is 318 g/mol. The van der Waals surface area contributed by atoms with E-state index in [4.69, 9.17) is 0 Å². The first-order chi connectivity index (χ1) is 2.81. The summed E-state index contributed by atoms with van der Waals surface area (Å²) < 4.78 is 2.27. The molecule has 0 fully saturated rings. The van der Waals surface area contributed by atoms with Crippen LogP contribution in [0.3, 0.4) is 0 Å². The Hall–Kier alpha value is 1.68. The predicted octanol–water partition coefficient (Wildman–Crippen LogP) is 1.01. The van der Waals surface area contributed by atoms with Gasteiger partial charge in [0.15, 0.2) is 0 Å². The second-order valence-corrected chi connectivity index (χ2v) is 4.62. The highest BCUT2D eigenvalue weighted by atomic mass is 127. The fourth-order valence-electron chi connectivity index (χ4n) is 0.109. The lowest BCUT2D eigenvalue weighted by atomic mass is 10.6. The van der Waals surface area contributed by atoms with Crippen LogP contribution in [0, 0.1) is 0 Å². The minimum Gasteiger partial charge on any atom is -0.0853 e. The summed E-state index contributed by atoms with van der Waals surface area (Å²) in [6, 6.07) is 1.45. The van der Waals surface area contributed by atoms with Gasteiger partial charge in [-0.25, -0.2) is 0 Å². The van der Waals surface area contributed by atoms with Gasteiger partial charge >= 0.3 is 0 Å². The van der Waals surface area contributed by atoms with Crippen LogP contribution in [0.2, 0.25) is 6.04 Å². The molecule has 0 rings (SSSR count). The summed E-state index contributed by atoms with van der Waals surface area (Å²) in [5.41, 5.74) is 0. The van der Waals surface area contributed by atoms with Crippen molar-refractivity contribution >= 4 is 55.4 Å². The fraction of sp³-hybridized carbons (Fsp3) is 1.00. The van der Waals surface area contributed by atoms with Gasteiger partial charge in [0.1, 0.15) is 0 Å². The zero-order valence-electron chi connectivity index (χ0n) is 3.75. The molecule has 0 aromatic carbocycles. The number of halogens is 2. The van der Waals surface area contributed by atoms with Gasteiger partial charge in [-0.1, -0.05) is 51.2 Å². The van der Waals surface area contributed by atoms with Crippen LogP contribution in [0.4, 0.5) is 0 Å². The van der Waals surface area contributed by atoms with E-state index in [1.54, 1.807) is 0 Å². The van der Waals surface area contributed by atoms with Gasteiger partial charge in [0.05, 0.1) is 0 Å². The molecule has 0 radical (unpaired) electrons. The summed E-state index contributed by atoms with van der Waals surface area (Å²) in [5, 5.41) is 0. The number of hydrogen-bond acceptors (Lipinski definition) is 0. The SMILES string of the molecule is [SiH3]CC(I)CI. The molecule has 0 aromatic rings. The molecule has 0 bridgehead atoms. The van der Waals surface area contributed by atoms with Crippen molar-refractivity contribution in [3.8, 4) is 0 Å². The first kappa shape index (κ1) is 7.68. The summed E-state index contributed by atoms with van der Waals surface area (Å²) in [7, 11) is 1.37. The van der Waals surface area contributed by atoms with Crippen molar-refractivity contribution in [3.05, 3.63) is 0 Å². The Bertz CT molecular complexity index is 28.0. The molecule has 1 unspecified atom stereocenters. The van der Waals surface area contributed by atoms with Gasteiger partial charge in [-0.2, -0.15) is 0 Å². The Kier molecular flexibility index (Phi) is 6.18. The summed E-state index contributed by atoms with van der Waals surface area (Å²) >= 11 is 4.92. The van der Waals surface area contributed by atoms with Crippen molar-refractivity contribution < 1.29 is 0 Å². The Morgan fingerprint density at radius 2 is 2.17 bits per heavy atom. The Balaban J connectivity index is 2.75. The molecule has 0 aromatic heterocycles. The standard InChI is InChI=1S/C3H8I2Si/c4-1-3(5)2-6/h3H,1-2H2,6H3. The molecule has 0 saturated heterocycles. The molecule has 0 saturated carbocycles. The third-order valence-corrected chi connectivity index (χ3v) is 7.33. The summed E-state index contributed by atoms with van der Waals surface area (Å²) in [4.78, 5) is 0. The van der Waals surface area contributed by atoms with E-state index < -0.39 is 0 Å². The number of alkyl halides is 2. The van der Waals surface area contributed by atoms with E-state index in [0.29, 0.717) is 0 Å². The average Bonchev–Trinajstić information content (AvgIpc) is 1.65. The van der Waals surface area contributed by atoms with Crippen LogP contribution in [0.1, 0.15) is 0 Å². The van der Waals surface area contributed by atoms with Crippen LogP contribution >= 0.6 is 45.2 Å². The van der Waals surface area contributed by atoms with Gasteiger partial charge in [0.25, 0.3) is 0 Å². The summed E-state index contributed by atoms with van der Waals surface area (Å²) in [6.45, 7) is 0. The van der Waals surface area contributed by atoms with Gasteiger partial charge in [0.2, 0.25) is 0 Å². The molecule has 0 aliphatic carbocycles. The molecule has 0 nitrogen and oxygen atoms in total. The van der Waals surface area contributed by atoms with Gasteiger partial charge in [-0.15, -0.1) is 0 Å². The van der Waals surface area contributed by atoms with Crippen LogP contribution in [-0.2, 0) is 0 Å². The Labute approximate surface area is 69.2 Å². The van der Waals surface area contributed by atoms with E-state index in [1.165, 1.54) is 20.7 Å². The lowest BCUT2D eigenvalue weighted by molar-refractivity contribution is 1.20. The molecule has 0 aliphatic heterocycles. The van der Waals surface area contributed by atoms with Crippen LogP contribution in [0.25, 0.3) is 0 Å². The van der Waals surface area contributed by atoms with Crippen molar-refractivity contribution in [2.75, 3.05) is 4.43 Å². The Morgan fingerprint density at radius 3 is 2.17 bits per heavy atom. The highest BCUT2D eigenvalue weighted by Crippen LogP contribution is 2.06. The molecule has 3 heteroatoms. The topological polar surface area (TPSA) is 0 Å². The molecule has 1 atom stereocenters. The van der Waals surface area contributed by atoms with Gasteiger partial charge in [-0.3, -0.25) is 0 Å². The molecular formula is C3H8I2Si. The molecule has 0 amide bonds. The Morgan fingerprint density at radius 1 is 1.67 bits per heavy atom. The number of rotatable bonds is 2. The maximum atomic E-state index is 2.50. The zero-order chi connectivity index (χ0) is 4.99. The van der Waals surface area contributed by atoms with Crippen molar-refractivity contribution in [3.63, 3.8) is 0 Å². The van der Waals surface area contributed by atoms with Gasteiger partial charge in [0, 0.05) is 18.6 Å². The maximum absolute atomic E-state index is 2.50. The van der Waals surface area contributed by atoms with E-state index in [-0.39, 0.29) is 0 Å². The second kappa shape index (κ2) is 4.83. The van der Waals surface area contributed by atoms with E-state index in [1.807, 2.05) is 0 Å². The quantitative estimate of drug-likeness (QED) is 0.404. The highest BCUT2D eigenvalue weighted by Gasteiger charge is 1.92. The molecule has 6 heavy (non-hydrogen) atoms. The van der Waals surface area contributed by atoms with Crippen molar-refractivity contribution in [2.45, 2.75) is 9.97 Å². The number of hydrogen-bond donors (Lipinski definition) is 0. The smallest absolute Gasteiger partial charge is 0.0168 e. The lowest BCUT2D eigenvalue weighted by Crippen LogP contribution is -1.94. The average molecular weight is 326 g/mol. The van der Waals surface area contributed by atoms with Gasteiger partial charge < -0.3 is 0 Å². The third kappa shape index (κ3) is 3.85. The summed E-state index contributed by atoms with van der Waals surface area (Å²) in [6.07, 6.45) is 0. The minimum absolute atomic E-state index is 0.954. The monoisotopic (exact) mass is 326 g/mol.